The van der Waals surface area contributed by atoms with Crippen molar-refractivity contribution in [2.45, 2.75) is 6.54 Å². The molecule has 2 amide bonds. The third-order valence-corrected chi connectivity index (χ3v) is 4.97. The molecule has 0 saturated carbocycles. The van der Waals surface area contributed by atoms with Gasteiger partial charge in [0.25, 0.3) is 0 Å². The van der Waals surface area contributed by atoms with E-state index in [2.05, 4.69) is 10.1 Å². The Hall–Kier alpha value is -4.00. The number of methoxy groups -OCH3 is 1. The van der Waals surface area contributed by atoms with Crippen LogP contribution in [0.1, 0.15) is 5.56 Å². The predicted molar refractivity (Wildman–Crippen MR) is 126 cm³/mol. The molecule has 0 aromatic heterocycles. The van der Waals surface area contributed by atoms with Crippen molar-refractivity contribution in [2.24, 2.45) is 0 Å². The fourth-order valence-electron chi connectivity index (χ4n) is 3.18. The summed E-state index contributed by atoms with van der Waals surface area (Å²) >= 11 is 0. The van der Waals surface area contributed by atoms with Crippen LogP contribution in [-0.2, 0) is 16.1 Å². The minimum Gasteiger partial charge on any atom is -0.492 e. The second-order valence-corrected chi connectivity index (χ2v) is 7.22. The largest absolute Gasteiger partial charge is 0.492 e. The minimum atomic E-state index is -0.423. The van der Waals surface area contributed by atoms with Crippen LogP contribution in [-0.4, -0.2) is 50.8 Å². The number of hydrogen-bond donors (Lipinski definition) is 1. The van der Waals surface area contributed by atoms with Gasteiger partial charge in [-0.15, -0.1) is 0 Å². The number of carbonyl (C=O) groups is 2. The highest BCUT2D eigenvalue weighted by molar-refractivity contribution is 5.73. The number of rotatable bonds is 10. The molecular formula is C26H28N2O5. The normalized spacial score (nSPS) is 10.2. The first-order valence-corrected chi connectivity index (χ1v) is 10.6. The first kappa shape index (κ1) is 23.7. The Balaban J connectivity index is 1.52. The van der Waals surface area contributed by atoms with Gasteiger partial charge in [-0.05, 0) is 41.0 Å². The Morgan fingerprint density at radius 3 is 1.94 bits per heavy atom. The summed E-state index contributed by atoms with van der Waals surface area (Å²) in [6.07, 6.45) is 0. The Labute approximate surface area is 193 Å². The van der Waals surface area contributed by atoms with E-state index in [0.29, 0.717) is 25.4 Å². The predicted octanol–water partition coefficient (Wildman–Crippen LogP) is 4.13. The number of hydrogen-bond acceptors (Lipinski definition) is 5. The van der Waals surface area contributed by atoms with Gasteiger partial charge in [0, 0.05) is 13.6 Å². The number of ether oxygens (including phenoxy) is 3. The van der Waals surface area contributed by atoms with Crippen LogP contribution in [0.3, 0.4) is 0 Å². The van der Waals surface area contributed by atoms with Crippen LogP contribution in [0.4, 0.5) is 4.79 Å². The van der Waals surface area contributed by atoms with Crippen LogP contribution >= 0.6 is 0 Å². The molecule has 0 saturated heterocycles. The van der Waals surface area contributed by atoms with Gasteiger partial charge in [0.2, 0.25) is 0 Å². The van der Waals surface area contributed by atoms with E-state index in [0.717, 1.165) is 22.4 Å². The van der Waals surface area contributed by atoms with Crippen molar-refractivity contribution in [2.75, 3.05) is 33.9 Å². The van der Waals surface area contributed by atoms with E-state index >= 15 is 0 Å². The minimum absolute atomic E-state index is 0.120. The summed E-state index contributed by atoms with van der Waals surface area (Å²) in [7, 11) is 2.95. The molecule has 172 valence electrons. The molecule has 0 aliphatic heterocycles. The third kappa shape index (κ3) is 7.28. The molecule has 7 nitrogen and oxygen atoms in total. The van der Waals surface area contributed by atoms with Crippen LogP contribution in [0.15, 0.2) is 78.9 Å². The molecule has 0 aliphatic carbocycles. The Kier molecular flexibility index (Phi) is 8.71. The molecule has 33 heavy (non-hydrogen) atoms. The van der Waals surface area contributed by atoms with Crippen molar-refractivity contribution in [1.82, 2.24) is 10.2 Å². The van der Waals surface area contributed by atoms with Gasteiger partial charge in [0.05, 0.1) is 13.7 Å². The lowest BCUT2D eigenvalue weighted by atomic mass is 10.1. The molecule has 3 aromatic carbocycles. The molecule has 0 unspecified atom stereocenters. The first-order valence-electron chi connectivity index (χ1n) is 10.6. The van der Waals surface area contributed by atoms with Crippen LogP contribution in [0, 0.1) is 0 Å². The maximum atomic E-state index is 12.2. The first-order chi connectivity index (χ1) is 16.1. The van der Waals surface area contributed by atoms with Gasteiger partial charge in [-0.25, -0.2) is 9.59 Å². The summed E-state index contributed by atoms with van der Waals surface area (Å²) in [6.45, 7) is 1.24. The Morgan fingerprint density at radius 2 is 1.39 bits per heavy atom. The summed E-state index contributed by atoms with van der Waals surface area (Å²) in [4.78, 5) is 25.1. The molecule has 0 radical (unpaired) electrons. The van der Waals surface area contributed by atoms with Crippen LogP contribution < -0.4 is 14.8 Å². The lowest BCUT2D eigenvalue weighted by molar-refractivity contribution is -0.142. The second-order valence-electron chi connectivity index (χ2n) is 7.22. The number of nitrogens with zero attached hydrogens (tertiary/aromatic N) is 1. The molecule has 0 aliphatic rings. The Morgan fingerprint density at radius 1 is 0.818 bits per heavy atom. The number of urea groups is 1. The number of carbonyl (C=O) groups excluding carboxylic acids is 2. The van der Waals surface area contributed by atoms with E-state index in [4.69, 9.17) is 9.47 Å². The lowest BCUT2D eigenvalue weighted by Crippen LogP contribution is -2.40. The zero-order valence-corrected chi connectivity index (χ0v) is 18.8. The Bertz CT molecular complexity index is 1020. The summed E-state index contributed by atoms with van der Waals surface area (Å²) in [5.41, 5.74) is 3.10. The van der Waals surface area contributed by atoms with E-state index in [1.54, 1.807) is 11.9 Å². The molecule has 0 spiro atoms. The van der Waals surface area contributed by atoms with Crippen LogP contribution in [0.2, 0.25) is 0 Å². The summed E-state index contributed by atoms with van der Waals surface area (Å²) in [6, 6.07) is 24.9. The van der Waals surface area contributed by atoms with Gasteiger partial charge < -0.3 is 24.4 Å². The fraction of sp³-hybridized carbons (Fsp3) is 0.231. The zero-order chi connectivity index (χ0) is 23.5. The molecule has 1 N–H and O–H groups in total. The van der Waals surface area contributed by atoms with Crippen LogP contribution in [0.5, 0.6) is 11.5 Å². The molecule has 0 heterocycles. The van der Waals surface area contributed by atoms with Crippen LogP contribution in [0.25, 0.3) is 11.1 Å². The van der Waals surface area contributed by atoms with Gasteiger partial charge in [0.15, 0.2) is 6.61 Å². The van der Waals surface area contributed by atoms with E-state index in [1.807, 2.05) is 78.9 Å². The highest BCUT2D eigenvalue weighted by atomic mass is 16.6. The molecule has 0 fully saturated rings. The van der Waals surface area contributed by atoms with Gasteiger partial charge in [-0.3, -0.25) is 0 Å². The number of amides is 2. The summed E-state index contributed by atoms with van der Waals surface area (Å²) < 4.78 is 15.8. The van der Waals surface area contributed by atoms with Crippen molar-refractivity contribution >= 4 is 12.0 Å². The smallest absolute Gasteiger partial charge is 0.343 e. The van der Waals surface area contributed by atoms with Crippen molar-refractivity contribution in [3.8, 4) is 22.6 Å². The lowest BCUT2D eigenvalue weighted by Gasteiger charge is -2.22. The van der Waals surface area contributed by atoms with Crippen molar-refractivity contribution in [3.63, 3.8) is 0 Å². The van der Waals surface area contributed by atoms with E-state index in [1.165, 1.54) is 7.11 Å². The van der Waals surface area contributed by atoms with Gasteiger partial charge >= 0.3 is 12.0 Å². The highest BCUT2D eigenvalue weighted by Gasteiger charge is 2.12. The molecule has 3 rings (SSSR count). The summed E-state index contributed by atoms with van der Waals surface area (Å²) in [5.74, 6) is 0.904. The molecule has 0 bridgehead atoms. The number of benzene rings is 3. The third-order valence-electron chi connectivity index (χ3n) is 4.97. The molecular weight excluding hydrogens is 420 g/mol. The molecule has 7 heteroatoms. The fourth-order valence-corrected chi connectivity index (χ4v) is 3.18. The quantitative estimate of drug-likeness (QED) is 0.472. The second kappa shape index (κ2) is 12.1. The highest BCUT2D eigenvalue weighted by Crippen LogP contribution is 2.24. The molecule has 3 aromatic rings. The monoisotopic (exact) mass is 448 g/mol. The maximum absolute atomic E-state index is 12.2. The van der Waals surface area contributed by atoms with Crippen molar-refractivity contribution in [3.05, 3.63) is 84.4 Å². The maximum Gasteiger partial charge on any atom is 0.343 e. The SMILES string of the molecule is CNC(=O)N(CCOc1ccc(-c2ccc(OCC(=O)OC)cc2)cc1)Cc1ccccc1. The summed E-state index contributed by atoms with van der Waals surface area (Å²) in [5, 5.41) is 2.68. The number of esters is 1. The standard InChI is InChI=1S/C26H28N2O5/c1-27-26(30)28(18-20-6-4-3-5-7-20)16-17-32-23-12-8-21(9-13-23)22-10-14-24(15-11-22)33-19-25(29)31-2/h3-15H,16-19H2,1-2H3,(H,27,30). The molecule has 0 atom stereocenters. The topological polar surface area (TPSA) is 77.1 Å². The van der Waals surface area contributed by atoms with E-state index < -0.39 is 5.97 Å². The zero-order valence-electron chi connectivity index (χ0n) is 18.8. The average Bonchev–Trinajstić information content (AvgIpc) is 2.87. The van der Waals surface area contributed by atoms with Gasteiger partial charge in [-0.1, -0.05) is 54.6 Å². The number of nitrogens with one attached hydrogen (secondary N) is 1. The van der Waals surface area contributed by atoms with Gasteiger partial charge in [0.1, 0.15) is 18.1 Å². The van der Waals surface area contributed by atoms with Gasteiger partial charge in [-0.2, -0.15) is 0 Å². The average molecular weight is 449 g/mol. The van der Waals surface area contributed by atoms with E-state index in [-0.39, 0.29) is 12.6 Å². The van der Waals surface area contributed by atoms with Crippen molar-refractivity contribution < 1.29 is 23.8 Å². The van der Waals surface area contributed by atoms with E-state index in [9.17, 15) is 9.59 Å². The van der Waals surface area contributed by atoms with Crippen molar-refractivity contribution in [1.29, 1.82) is 0 Å².